The van der Waals surface area contributed by atoms with Crippen molar-refractivity contribution in [1.29, 1.82) is 0 Å². The first-order valence-corrected chi connectivity index (χ1v) is 8.16. The van der Waals surface area contributed by atoms with Crippen LogP contribution in [0.3, 0.4) is 0 Å². The lowest BCUT2D eigenvalue weighted by Gasteiger charge is -2.13. The molecule has 0 aromatic rings. The van der Waals surface area contributed by atoms with Crippen LogP contribution in [0.25, 0.3) is 0 Å². The van der Waals surface area contributed by atoms with Gasteiger partial charge in [-0.1, -0.05) is 27.7 Å². The standard InChI is InChI=1S/C14H28N2O2.C2H6/c1-4-8-13(17)15-11-7-6-10-12(3)16-14(18)9-5-2;1-2/h12H,4-11H2,1-3H3,(H,15,17)(H,16,18);1-2H3. The normalized spacial score (nSPS) is 11.1. The Morgan fingerprint density at radius 3 is 2.05 bits per heavy atom. The van der Waals surface area contributed by atoms with Gasteiger partial charge in [-0.05, 0) is 39.0 Å². The molecule has 1 unspecified atom stereocenters. The number of unbranched alkanes of at least 4 members (excludes halogenated alkanes) is 1. The summed E-state index contributed by atoms with van der Waals surface area (Å²) in [4.78, 5) is 22.5. The fourth-order valence-corrected chi connectivity index (χ4v) is 1.77. The van der Waals surface area contributed by atoms with Gasteiger partial charge < -0.3 is 10.6 Å². The van der Waals surface area contributed by atoms with Crippen molar-refractivity contribution in [3.8, 4) is 0 Å². The van der Waals surface area contributed by atoms with Gasteiger partial charge in [0.15, 0.2) is 0 Å². The average molecular weight is 286 g/mol. The molecule has 0 saturated heterocycles. The highest BCUT2D eigenvalue weighted by Crippen LogP contribution is 2.01. The summed E-state index contributed by atoms with van der Waals surface area (Å²) >= 11 is 0. The van der Waals surface area contributed by atoms with Gasteiger partial charge in [0.1, 0.15) is 0 Å². The Hall–Kier alpha value is -1.06. The molecule has 0 heterocycles. The zero-order valence-corrected chi connectivity index (χ0v) is 14.1. The molecule has 0 radical (unpaired) electrons. The molecular weight excluding hydrogens is 252 g/mol. The Balaban J connectivity index is 0. The summed E-state index contributed by atoms with van der Waals surface area (Å²) in [5.41, 5.74) is 0. The van der Waals surface area contributed by atoms with Gasteiger partial charge in [0, 0.05) is 25.4 Å². The fraction of sp³-hybridized carbons (Fsp3) is 0.875. The summed E-state index contributed by atoms with van der Waals surface area (Å²) < 4.78 is 0. The maximum atomic E-state index is 11.3. The first kappa shape index (κ1) is 21.2. The van der Waals surface area contributed by atoms with E-state index in [1.165, 1.54) is 0 Å². The van der Waals surface area contributed by atoms with E-state index in [0.717, 1.165) is 38.6 Å². The van der Waals surface area contributed by atoms with E-state index in [9.17, 15) is 9.59 Å². The van der Waals surface area contributed by atoms with E-state index in [0.29, 0.717) is 12.8 Å². The average Bonchev–Trinajstić information content (AvgIpc) is 2.41. The van der Waals surface area contributed by atoms with Crippen LogP contribution in [-0.2, 0) is 9.59 Å². The Bertz CT molecular complexity index is 243. The van der Waals surface area contributed by atoms with Gasteiger partial charge in [0.2, 0.25) is 11.8 Å². The minimum atomic E-state index is 0.140. The smallest absolute Gasteiger partial charge is 0.220 e. The Morgan fingerprint density at radius 2 is 1.50 bits per heavy atom. The zero-order chi connectivity index (χ0) is 15.8. The first-order valence-electron chi connectivity index (χ1n) is 8.16. The first-order chi connectivity index (χ1) is 9.60. The number of amides is 2. The number of hydrogen-bond donors (Lipinski definition) is 2. The number of carbonyl (C=O) groups is 2. The van der Waals surface area contributed by atoms with Crippen LogP contribution in [0.1, 0.15) is 79.6 Å². The SMILES string of the molecule is CC.CCCC(=O)NCCCCC(C)NC(=O)CCC. The van der Waals surface area contributed by atoms with Crippen LogP contribution in [0.2, 0.25) is 0 Å². The third-order valence-corrected chi connectivity index (χ3v) is 2.75. The van der Waals surface area contributed by atoms with Gasteiger partial charge >= 0.3 is 0 Å². The van der Waals surface area contributed by atoms with Crippen LogP contribution < -0.4 is 10.6 Å². The summed E-state index contributed by atoms with van der Waals surface area (Å²) in [6, 6.07) is 0.232. The van der Waals surface area contributed by atoms with Crippen molar-refractivity contribution in [3.05, 3.63) is 0 Å². The molecule has 4 nitrogen and oxygen atoms in total. The molecule has 120 valence electrons. The molecule has 2 amide bonds. The molecule has 0 fully saturated rings. The van der Waals surface area contributed by atoms with Crippen molar-refractivity contribution < 1.29 is 9.59 Å². The molecule has 0 spiro atoms. The predicted molar refractivity (Wildman–Crippen MR) is 85.6 cm³/mol. The molecule has 0 rings (SSSR count). The molecule has 0 aromatic heterocycles. The van der Waals surface area contributed by atoms with Crippen LogP contribution in [0.15, 0.2) is 0 Å². The number of hydrogen-bond acceptors (Lipinski definition) is 2. The molecule has 0 saturated carbocycles. The largest absolute Gasteiger partial charge is 0.356 e. The van der Waals surface area contributed by atoms with E-state index in [1.807, 2.05) is 34.6 Å². The molecule has 0 aliphatic rings. The second-order valence-electron chi connectivity index (χ2n) is 4.81. The molecule has 20 heavy (non-hydrogen) atoms. The number of rotatable bonds is 10. The fourth-order valence-electron chi connectivity index (χ4n) is 1.77. The van der Waals surface area contributed by atoms with E-state index < -0.39 is 0 Å². The summed E-state index contributed by atoms with van der Waals surface area (Å²) in [5, 5.41) is 5.87. The highest BCUT2D eigenvalue weighted by atomic mass is 16.2. The minimum absolute atomic E-state index is 0.140. The maximum absolute atomic E-state index is 11.3. The molecule has 1 atom stereocenters. The number of nitrogens with one attached hydrogen (secondary N) is 2. The second-order valence-corrected chi connectivity index (χ2v) is 4.81. The topological polar surface area (TPSA) is 58.2 Å². The van der Waals surface area contributed by atoms with Gasteiger partial charge in [0.05, 0.1) is 0 Å². The minimum Gasteiger partial charge on any atom is -0.356 e. The Morgan fingerprint density at radius 1 is 0.950 bits per heavy atom. The van der Waals surface area contributed by atoms with Crippen molar-refractivity contribution in [2.45, 2.75) is 85.6 Å². The predicted octanol–water partition coefficient (Wildman–Crippen LogP) is 3.40. The van der Waals surface area contributed by atoms with Gasteiger partial charge in [-0.2, -0.15) is 0 Å². The number of carbonyl (C=O) groups excluding carboxylic acids is 2. The Labute approximate surface area is 125 Å². The highest BCUT2D eigenvalue weighted by molar-refractivity contribution is 5.76. The molecule has 4 heteroatoms. The van der Waals surface area contributed by atoms with Crippen LogP contribution in [0, 0.1) is 0 Å². The highest BCUT2D eigenvalue weighted by Gasteiger charge is 2.05. The van der Waals surface area contributed by atoms with E-state index in [2.05, 4.69) is 10.6 Å². The summed E-state index contributed by atoms with van der Waals surface area (Å²) in [6.07, 6.45) is 5.98. The molecule has 0 aromatic carbocycles. The molecule has 2 N–H and O–H groups in total. The van der Waals surface area contributed by atoms with Crippen LogP contribution in [0.5, 0.6) is 0 Å². The summed E-state index contributed by atoms with van der Waals surface area (Å²) in [5.74, 6) is 0.281. The summed E-state index contributed by atoms with van der Waals surface area (Å²) in [7, 11) is 0. The molecule has 0 aliphatic carbocycles. The van der Waals surface area contributed by atoms with Crippen molar-refractivity contribution in [2.24, 2.45) is 0 Å². The molecule has 0 aliphatic heterocycles. The summed E-state index contributed by atoms with van der Waals surface area (Å²) in [6.45, 7) is 10.8. The van der Waals surface area contributed by atoms with E-state index in [1.54, 1.807) is 0 Å². The third-order valence-electron chi connectivity index (χ3n) is 2.75. The third kappa shape index (κ3) is 15.0. The lowest BCUT2D eigenvalue weighted by Crippen LogP contribution is -2.32. The van der Waals surface area contributed by atoms with Crippen LogP contribution >= 0.6 is 0 Å². The van der Waals surface area contributed by atoms with Gasteiger partial charge in [-0.3, -0.25) is 9.59 Å². The van der Waals surface area contributed by atoms with E-state index in [4.69, 9.17) is 0 Å². The van der Waals surface area contributed by atoms with Crippen molar-refractivity contribution in [2.75, 3.05) is 6.54 Å². The quantitative estimate of drug-likeness (QED) is 0.605. The second kappa shape index (κ2) is 16.0. The lowest BCUT2D eigenvalue weighted by atomic mass is 10.1. The van der Waals surface area contributed by atoms with Crippen LogP contribution in [-0.4, -0.2) is 24.4 Å². The van der Waals surface area contributed by atoms with Crippen LogP contribution in [0.4, 0.5) is 0 Å². The van der Waals surface area contributed by atoms with E-state index >= 15 is 0 Å². The Kier molecular flexibility index (Phi) is 17.0. The monoisotopic (exact) mass is 286 g/mol. The van der Waals surface area contributed by atoms with Gasteiger partial charge in [-0.15, -0.1) is 0 Å². The van der Waals surface area contributed by atoms with Crippen molar-refractivity contribution in [1.82, 2.24) is 10.6 Å². The molecule has 0 bridgehead atoms. The van der Waals surface area contributed by atoms with Gasteiger partial charge in [-0.25, -0.2) is 0 Å². The maximum Gasteiger partial charge on any atom is 0.220 e. The molecular formula is C16H34N2O2. The van der Waals surface area contributed by atoms with Crippen molar-refractivity contribution in [3.63, 3.8) is 0 Å². The van der Waals surface area contributed by atoms with Crippen molar-refractivity contribution >= 4 is 11.8 Å². The zero-order valence-electron chi connectivity index (χ0n) is 14.1. The lowest BCUT2D eigenvalue weighted by molar-refractivity contribution is -0.122. The van der Waals surface area contributed by atoms with E-state index in [-0.39, 0.29) is 17.9 Å². The van der Waals surface area contributed by atoms with Gasteiger partial charge in [0.25, 0.3) is 0 Å².